The van der Waals surface area contributed by atoms with Gasteiger partial charge in [0.2, 0.25) is 0 Å². The molecule has 0 aromatic rings. The molecule has 0 amide bonds. The van der Waals surface area contributed by atoms with E-state index in [1.165, 1.54) is 0 Å². The van der Waals surface area contributed by atoms with Gasteiger partial charge in [-0.1, -0.05) is 0 Å². The maximum Gasteiger partial charge on any atom is 0.320 e. The first-order valence-corrected chi connectivity index (χ1v) is 4.13. The zero-order chi connectivity index (χ0) is 9.72. The number of carbonyl (C=O) groups is 1. The standard InChI is InChI=1S/C8H18N2O2/c1-6(2)10(3)5-4-7(9)8(11)12/h6-7H,4-5,9H2,1-3H3,(H,11,12). The Morgan fingerprint density at radius 3 is 2.42 bits per heavy atom. The Kier molecular flexibility index (Phi) is 4.85. The Balaban J connectivity index is 3.61. The third-order valence-electron chi connectivity index (χ3n) is 1.99. The Hall–Kier alpha value is -0.610. The molecule has 12 heavy (non-hydrogen) atoms. The van der Waals surface area contributed by atoms with Crippen LogP contribution in [0.1, 0.15) is 20.3 Å². The quantitative estimate of drug-likeness (QED) is 0.621. The molecule has 0 aliphatic carbocycles. The van der Waals surface area contributed by atoms with E-state index in [-0.39, 0.29) is 0 Å². The van der Waals surface area contributed by atoms with Crippen LogP contribution in [-0.4, -0.2) is 41.7 Å². The van der Waals surface area contributed by atoms with Crippen molar-refractivity contribution >= 4 is 5.97 Å². The number of nitrogens with zero attached hydrogens (tertiary/aromatic N) is 1. The summed E-state index contributed by atoms with van der Waals surface area (Å²) in [4.78, 5) is 12.4. The van der Waals surface area contributed by atoms with Gasteiger partial charge in [-0.2, -0.15) is 0 Å². The maximum absolute atomic E-state index is 10.3. The molecular weight excluding hydrogens is 156 g/mol. The molecule has 4 heteroatoms. The summed E-state index contributed by atoms with van der Waals surface area (Å²) in [6.07, 6.45) is 0.504. The number of nitrogens with two attached hydrogens (primary N) is 1. The van der Waals surface area contributed by atoms with Gasteiger partial charge in [-0.15, -0.1) is 0 Å². The van der Waals surface area contributed by atoms with Crippen molar-refractivity contribution in [3.8, 4) is 0 Å². The largest absolute Gasteiger partial charge is 0.480 e. The molecular formula is C8H18N2O2. The van der Waals surface area contributed by atoms with Crippen LogP contribution < -0.4 is 5.73 Å². The molecule has 0 aromatic carbocycles. The van der Waals surface area contributed by atoms with E-state index in [2.05, 4.69) is 18.7 Å². The molecule has 72 valence electrons. The van der Waals surface area contributed by atoms with Crippen molar-refractivity contribution in [1.29, 1.82) is 0 Å². The molecule has 3 N–H and O–H groups in total. The molecule has 1 unspecified atom stereocenters. The normalized spacial score (nSPS) is 13.8. The van der Waals surface area contributed by atoms with E-state index < -0.39 is 12.0 Å². The van der Waals surface area contributed by atoms with Crippen molar-refractivity contribution < 1.29 is 9.90 Å². The summed E-state index contributed by atoms with van der Waals surface area (Å²) >= 11 is 0. The number of carboxylic acid groups (broad SMARTS) is 1. The van der Waals surface area contributed by atoms with Gasteiger partial charge in [0.1, 0.15) is 6.04 Å². The molecule has 0 heterocycles. The van der Waals surface area contributed by atoms with E-state index in [1.807, 2.05) is 7.05 Å². The Morgan fingerprint density at radius 2 is 2.08 bits per heavy atom. The summed E-state index contributed by atoms with van der Waals surface area (Å²) in [5.74, 6) is -0.924. The third-order valence-corrected chi connectivity index (χ3v) is 1.99. The molecule has 0 spiro atoms. The van der Waals surface area contributed by atoms with Crippen LogP contribution in [0.2, 0.25) is 0 Å². The van der Waals surface area contributed by atoms with Crippen molar-refractivity contribution in [2.75, 3.05) is 13.6 Å². The van der Waals surface area contributed by atoms with E-state index in [0.717, 1.165) is 6.54 Å². The first-order chi connectivity index (χ1) is 5.45. The van der Waals surface area contributed by atoms with Gasteiger partial charge in [-0.3, -0.25) is 4.79 Å². The van der Waals surface area contributed by atoms with Gasteiger partial charge >= 0.3 is 5.97 Å². The second kappa shape index (κ2) is 5.11. The molecule has 0 saturated heterocycles. The van der Waals surface area contributed by atoms with Gasteiger partial charge in [-0.05, 0) is 27.3 Å². The number of aliphatic carboxylic acids is 1. The first kappa shape index (κ1) is 11.4. The van der Waals surface area contributed by atoms with E-state index in [4.69, 9.17) is 10.8 Å². The van der Waals surface area contributed by atoms with Gasteiger partial charge in [0.25, 0.3) is 0 Å². The zero-order valence-electron chi connectivity index (χ0n) is 7.95. The van der Waals surface area contributed by atoms with Crippen molar-refractivity contribution in [2.45, 2.75) is 32.4 Å². The molecule has 0 radical (unpaired) electrons. The summed E-state index contributed by atoms with van der Waals surface area (Å²) in [6.45, 7) is 4.85. The average molecular weight is 174 g/mol. The van der Waals surface area contributed by atoms with Crippen molar-refractivity contribution in [2.24, 2.45) is 5.73 Å². The van der Waals surface area contributed by atoms with Crippen LogP contribution in [0.4, 0.5) is 0 Å². The SMILES string of the molecule is CC(C)N(C)CCC(N)C(=O)O. The summed E-state index contributed by atoms with van der Waals surface area (Å²) in [7, 11) is 1.96. The molecule has 0 aliphatic rings. The van der Waals surface area contributed by atoms with Crippen LogP contribution in [0.25, 0.3) is 0 Å². The third kappa shape index (κ3) is 4.31. The van der Waals surface area contributed by atoms with Crippen LogP contribution in [0.15, 0.2) is 0 Å². The van der Waals surface area contributed by atoms with E-state index in [0.29, 0.717) is 12.5 Å². The second-order valence-corrected chi connectivity index (χ2v) is 3.31. The maximum atomic E-state index is 10.3. The Bertz CT molecular complexity index is 148. The van der Waals surface area contributed by atoms with Crippen molar-refractivity contribution in [3.05, 3.63) is 0 Å². The lowest BCUT2D eigenvalue weighted by molar-refractivity contribution is -0.138. The fourth-order valence-electron chi connectivity index (χ4n) is 0.724. The fourth-order valence-corrected chi connectivity index (χ4v) is 0.724. The topological polar surface area (TPSA) is 66.6 Å². The molecule has 1 atom stereocenters. The molecule has 0 aromatic heterocycles. The number of carboxylic acids is 1. The van der Waals surface area contributed by atoms with Crippen molar-refractivity contribution in [3.63, 3.8) is 0 Å². The van der Waals surface area contributed by atoms with Crippen molar-refractivity contribution in [1.82, 2.24) is 4.90 Å². The van der Waals surface area contributed by atoms with Crippen LogP contribution in [0.3, 0.4) is 0 Å². The number of hydrogen-bond acceptors (Lipinski definition) is 3. The highest BCUT2D eigenvalue weighted by atomic mass is 16.4. The second-order valence-electron chi connectivity index (χ2n) is 3.31. The zero-order valence-corrected chi connectivity index (χ0v) is 7.95. The number of rotatable bonds is 5. The fraction of sp³-hybridized carbons (Fsp3) is 0.875. The monoisotopic (exact) mass is 174 g/mol. The van der Waals surface area contributed by atoms with Crippen LogP contribution in [0, 0.1) is 0 Å². The molecule has 0 bridgehead atoms. The molecule has 0 aliphatic heterocycles. The van der Waals surface area contributed by atoms with Gasteiger partial charge in [0, 0.05) is 12.6 Å². The Labute approximate surface area is 73.3 Å². The highest BCUT2D eigenvalue weighted by Gasteiger charge is 2.12. The summed E-state index contributed by atoms with van der Waals surface area (Å²) in [5, 5.41) is 8.49. The lowest BCUT2D eigenvalue weighted by Gasteiger charge is -2.21. The van der Waals surface area contributed by atoms with Gasteiger partial charge in [0.15, 0.2) is 0 Å². The van der Waals surface area contributed by atoms with E-state index >= 15 is 0 Å². The lowest BCUT2D eigenvalue weighted by Crippen LogP contribution is -2.36. The minimum absolute atomic E-state index is 0.436. The summed E-state index contributed by atoms with van der Waals surface area (Å²) in [5.41, 5.74) is 5.34. The van der Waals surface area contributed by atoms with Crippen LogP contribution in [0.5, 0.6) is 0 Å². The van der Waals surface area contributed by atoms with Crippen LogP contribution in [-0.2, 0) is 4.79 Å². The summed E-state index contributed by atoms with van der Waals surface area (Å²) in [6, 6.07) is -0.294. The number of hydrogen-bond donors (Lipinski definition) is 2. The Morgan fingerprint density at radius 1 is 1.58 bits per heavy atom. The molecule has 4 nitrogen and oxygen atoms in total. The molecule has 0 rings (SSSR count). The van der Waals surface area contributed by atoms with E-state index in [1.54, 1.807) is 0 Å². The predicted octanol–water partition coefficient (Wildman–Crippen LogP) is 0.129. The van der Waals surface area contributed by atoms with Crippen LogP contribution >= 0.6 is 0 Å². The highest BCUT2D eigenvalue weighted by molar-refractivity contribution is 5.72. The first-order valence-electron chi connectivity index (χ1n) is 4.13. The molecule has 0 saturated carbocycles. The smallest absolute Gasteiger partial charge is 0.320 e. The molecule has 0 fully saturated rings. The van der Waals surface area contributed by atoms with Gasteiger partial charge < -0.3 is 15.7 Å². The summed E-state index contributed by atoms with van der Waals surface area (Å²) < 4.78 is 0. The predicted molar refractivity (Wildman–Crippen MR) is 48.0 cm³/mol. The average Bonchev–Trinajstić information content (AvgIpc) is 1.98. The van der Waals surface area contributed by atoms with Gasteiger partial charge in [0.05, 0.1) is 0 Å². The van der Waals surface area contributed by atoms with Gasteiger partial charge in [-0.25, -0.2) is 0 Å². The minimum Gasteiger partial charge on any atom is -0.480 e. The minimum atomic E-state index is -0.924. The highest BCUT2D eigenvalue weighted by Crippen LogP contribution is 1.97. The lowest BCUT2D eigenvalue weighted by atomic mass is 10.2. The van der Waals surface area contributed by atoms with E-state index in [9.17, 15) is 4.79 Å².